The summed E-state index contributed by atoms with van der Waals surface area (Å²) in [6, 6.07) is 6.05. The van der Waals surface area contributed by atoms with E-state index in [1.54, 1.807) is 7.11 Å². The molecule has 1 saturated heterocycles. The molecule has 1 aromatic carbocycles. The number of rotatable bonds is 3. The molecule has 1 aromatic rings. The zero-order valence-electron chi connectivity index (χ0n) is 11.8. The van der Waals surface area contributed by atoms with Crippen molar-refractivity contribution < 1.29 is 9.84 Å². The van der Waals surface area contributed by atoms with Crippen molar-refractivity contribution in [2.75, 3.05) is 25.1 Å². The molecule has 106 valence electrons. The Balaban J connectivity index is 2.32. The highest BCUT2D eigenvalue weighted by molar-refractivity contribution is 9.10. The summed E-state index contributed by atoms with van der Waals surface area (Å²) < 4.78 is 6.68. The minimum atomic E-state index is -0.459. The first-order chi connectivity index (χ1) is 8.95. The van der Waals surface area contributed by atoms with Crippen LogP contribution in [0.1, 0.15) is 38.4 Å². The molecule has 0 radical (unpaired) electrons. The van der Waals surface area contributed by atoms with E-state index >= 15 is 0 Å². The van der Waals surface area contributed by atoms with Crippen LogP contribution in [0.25, 0.3) is 0 Å². The van der Waals surface area contributed by atoms with E-state index in [4.69, 9.17) is 4.74 Å². The van der Waals surface area contributed by atoms with Crippen molar-refractivity contribution in [1.29, 1.82) is 0 Å². The van der Waals surface area contributed by atoms with Gasteiger partial charge in [-0.25, -0.2) is 0 Å². The van der Waals surface area contributed by atoms with Crippen molar-refractivity contribution in [3.8, 4) is 0 Å². The maximum atomic E-state index is 9.94. The standard InChI is InChI=1S/C15H22BrNO2/c1-11(18)13-6-5-12(16)9-14(13)17-8-4-7-15(2,10-17)19-3/h5-6,9,11,18H,4,7-8,10H2,1-3H3. The minimum absolute atomic E-state index is 0.101. The van der Waals surface area contributed by atoms with Gasteiger partial charge in [0.25, 0.3) is 0 Å². The number of ether oxygens (including phenoxy) is 1. The number of piperidine rings is 1. The second kappa shape index (κ2) is 5.81. The maximum Gasteiger partial charge on any atom is 0.0825 e. The number of halogens is 1. The lowest BCUT2D eigenvalue weighted by molar-refractivity contribution is -0.00476. The molecule has 0 spiro atoms. The Hall–Kier alpha value is -0.580. The zero-order valence-corrected chi connectivity index (χ0v) is 13.4. The van der Waals surface area contributed by atoms with Crippen molar-refractivity contribution in [1.82, 2.24) is 0 Å². The summed E-state index contributed by atoms with van der Waals surface area (Å²) >= 11 is 3.52. The molecule has 2 rings (SSSR count). The highest BCUT2D eigenvalue weighted by atomic mass is 79.9. The predicted molar refractivity (Wildman–Crippen MR) is 81.6 cm³/mol. The van der Waals surface area contributed by atoms with Gasteiger partial charge in [-0.3, -0.25) is 0 Å². The van der Waals surface area contributed by atoms with Gasteiger partial charge in [0.2, 0.25) is 0 Å². The molecule has 0 amide bonds. The van der Waals surface area contributed by atoms with Gasteiger partial charge in [-0.05, 0) is 38.8 Å². The Morgan fingerprint density at radius 3 is 2.84 bits per heavy atom. The summed E-state index contributed by atoms with van der Waals surface area (Å²) in [5.74, 6) is 0. The molecule has 0 bridgehead atoms. The fourth-order valence-corrected chi connectivity index (χ4v) is 3.07. The lowest BCUT2D eigenvalue weighted by Gasteiger charge is -2.41. The van der Waals surface area contributed by atoms with Crippen LogP contribution in [0.5, 0.6) is 0 Å². The summed E-state index contributed by atoms with van der Waals surface area (Å²) in [6.45, 7) is 5.83. The monoisotopic (exact) mass is 327 g/mol. The van der Waals surface area contributed by atoms with Gasteiger partial charge in [-0.2, -0.15) is 0 Å². The van der Waals surface area contributed by atoms with Crippen LogP contribution >= 0.6 is 15.9 Å². The Morgan fingerprint density at radius 2 is 2.21 bits per heavy atom. The molecule has 0 aromatic heterocycles. The number of anilines is 1. The molecule has 1 fully saturated rings. The van der Waals surface area contributed by atoms with Gasteiger partial charge < -0.3 is 14.7 Å². The van der Waals surface area contributed by atoms with Gasteiger partial charge in [0.1, 0.15) is 0 Å². The molecule has 1 heterocycles. The number of methoxy groups -OCH3 is 1. The maximum absolute atomic E-state index is 9.94. The molecular formula is C15H22BrNO2. The van der Waals surface area contributed by atoms with Crippen LogP contribution in [0.4, 0.5) is 5.69 Å². The number of aliphatic hydroxyl groups is 1. The predicted octanol–water partition coefficient (Wildman–Crippen LogP) is 3.51. The molecule has 2 unspecified atom stereocenters. The minimum Gasteiger partial charge on any atom is -0.389 e. The number of hydrogen-bond acceptors (Lipinski definition) is 3. The first kappa shape index (κ1) is 14.8. The van der Waals surface area contributed by atoms with Gasteiger partial charge in [0, 0.05) is 35.9 Å². The molecular weight excluding hydrogens is 306 g/mol. The topological polar surface area (TPSA) is 32.7 Å². The van der Waals surface area contributed by atoms with Crippen LogP contribution in [-0.2, 0) is 4.74 Å². The molecule has 3 nitrogen and oxygen atoms in total. The highest BCUT2D eigenvalue weighted by Crippen LogP contribution is 2.34. The lowest BCUT2D eigenvalue weighted by Crippen LogP contribution is -2.47. The lowest BCUT2D eigenvalue weighted by atomic mass is 9.93. The van der Waals surface area contributed by atoms with E-state index in [1.165, 1.54) is 0 Å². The van der Waals surface area contributed by atoms with Crippen LogP contribution < -0.4 is 4.90 Å². The molecule has 1 aliphatic rings. The van der Waals surface area contributed by atoms with Gasteiger partial charge in [-0.1, -0.05) is 22.0 Å². The van der Waals surface area contributed by atoms with Crippen molar-refractivity contribution in [3.05, 3.63) is 28.2 Å². The molecule has 2 atom stereocenters. The largest absolute Gasteiger partial charge is 0.389 e. The van der Waals surface area contributed by atoms with E-state index in [9.17, 15) is 5.11 Å². The summed E-state index contributed by atoms with van der Waals surface area (Å²) in [7, 11) is 1.78. The Kier molecular flexibility index (Phi) is 4.54. The van der Waals surface area contributed by atoms with Crippen molar-refractivity contribution in [2.24, 2.45) is 0 Å². The number of aliphatic hydroxyl groups excluding tert-OH is 1. The number of nitrogens with zero attached hydrogens (tertiary/aromatic N) is 1. The van der Waals surface area contributed by atoms with Gasteiger partial charge in [0.05, 0.1) is 11.7 Å². The normalized spacial score (nSPS) is 25.4. The molecule has 1 N–H and O–H groups in total. The summed E-state index contributed by atoms with van der Waals surface area (Å²) in [5, 5.41) is 9.94. The van der Waals surface area contributed by atoms with E-state index < -0.39 is 6.10 Å². The fourth-order valence-electron chi connectivity index (χ4n) is 2.72. The Labute approximate surface area is 123 Å². The second-order valence-corrected chi connectivity index (χ2v) is 6.47. The van der Waals surface area contributed by atoms with Crippen molar-refractivity contribution in [2.45, 2.75) is 38.4 Å². The van der Waals surface area contributed by atoms with Gasteiger partial charge in [-0.15, -0.1) is 0 Å². The second-order valence-electron chi connectivity index (χ2n) is 5.56. The van der Waals surface area contributed by atoms with Crippen LogP contribution in [0, 0.1) is 0 Å². The molecule has 0 aliphatic carbocycles. The average Bonchev–Trinajstić information content (AvgIpc) is 2.38. The van der Waals surface area contributed by atoms with Crippen LogP contribution in [0.2, 0.25) is 0 Å². The zero-order chi connectivity index (χ0) is 14.0. The van der Waals surface area contributed by atoms with Crippen molar-refractivity contribution >= 4 is 21.6 Å². The molecule has 4 heteroatoms. The van der Waals surface area contributed by atoms with Gasteiger partial charge in [0.15, 0.2) is 0 Å². The summed E-state index contributed by atoms with van der Waals surface area (Å²) in [5.41, 5.74) is 1.98. The highest BCUT2D eigenvalue weighted by Gasteiger charge is 2.32. The van der Waals surface area contributed by atoms with E-state index in [0.717, 1.165) is 41.7 Å². The molecule has 0 saturated carbocycles. The van der Waals surface area contributed by atoms with Crippen LogP contribution in [0.3, 0.4) is 0 Å². The average molecular weight is 328 g/mol. The van der Waals surface area contributed by atoms with E-state index in [2.05, 4.69) is 33.8 Å². The summed E-state index contributed by atoms with van der Waals surface area (Å²) in [6.07, 6.45) is 1.73. The van der Waals surface area contributed by atoms with Crippen LogP contribution in [-0.4, -0.2) is 30.9 Å². The van der Waals surface area contributed by atoms with E-state index in [-0.39, 0.29) is 5.60 Å². The molecule has 1 aliphatic heterocycles. The first-order valence-electron chi connectivity index (χ1n) is 6.73. The molecule has 19 heavy (non-hydrogen) atoms. The van der Waals surface area contributed by atoms with Crippen LogP contribution in [0.15, 0.2) is 22.7 Å². The van der Waals surface area contributed by atoms with E-state index in [0.29, 0.717) is 0 Å². The Morgan fingerprint density at radius 1 is 1.47 bits per heavy atom. The SMILES string of the molecule is COC1(C)CCCN(c2cc(Br)ccc2C(C)O)C1. The number of benzene rings is 1. The quantitative estimate of drug-likeness (QED) is 0.922. The van der Waals surface area contributed by atoms with Crippen molar-refractivity contribution in [3.63, 3.8) is 0 Å². The smallest absolute Gasteiger partial charge is 0.0825 e. The number of hydrogen-bond donors (Lipinski definition) is 1. The third kappa shape index (κ3) is 3.30. The van der Waals surface area contributed by atoms with E-state index in [1.807, 2.05) is 19.1 Å². The fraction of sp³-hybridized carbons (Fsp3) is 0.600. The Bertz CT molecular complexity index is 450. The first-order valence-corrected chi connectivity index (χ1v) is 7.52. The third-order valence-corrected chi connectivity index (χ3v) is 4.43. The summed E-state index contributed by atoms with van der Waals surface area (Å²) in [4.78, 5) is 2.32. The van der Waals surface area contributed by atoms with Gasteiger partial charge >= 0.3 is 0 Å². The third-order valence-electron chi connectivity index (χ3n) is 3.94.